The molecule has 0 radical (unpaired) electrons. The lowest BCUT2D eigenvalue weighted by Gasteiger charge is -2.20. The Hall–Kier alpha value is -0.680. The van der Waals surface area contributed by atoms with Crippen molar-refractivity contribution in [1.82, 2.24) is 4.90 Å². The van der Waals surface area contributed by atoms with Crippen LogP contribution in [0.2, 0.25) is 0 Å². The van der Waals surface area contributed by atoms with E-state index in [0.29, 0.717) is 18.7 Å². The first kappa shape index (κ1) is 13.3. The number of carbonyl (C=O) groups excluding carboxylic acids is 1. The van der Waals surface area contributed by atoms with E-state index in [1.54, 1.807) is 0 Å². The highest BCUT2D eigenvalue weighted by atomic mass is 32.1. The van der Waals surface area contributed by atoms with Gasteiger partial charge in [-0.1, -0.05) is 6.58 Å². The molecular weight excluding hydrogens is 198 g/mol. The second-order valence-electron chi connectivity index (χ2n) is 3.19. The molecule has 0 aliphatic heterocycles. The summed E-state index contributed by atoms with van der Waals surface area (Å²) in [6, 6.07) is 0. The number of hydrogen-bond donors (Lipinski definition) is 3. The number of thiol groups is 1. The molecule has 0 unspecified atom stereocenters. The Kier molecular flexibility index (Phi) is 7.32. The summed E-state index contributed by atoms with van der Waals surface area (Å²) in [5.74, 6) is 0.483. The average Bonchev–Trinajstić information content (AvgIpc) is 2.09. The number of nitrogens with zero attached hydrogens (tertiary/aromatic N) is 1. The minimum Gasteiger partial charge on any atom is -0.402 e. The van der Waals surface area contributed by atoms with Gasteiger partial charge >= 0.3 is 0 Å². The summed E-state index contributed by atoms with van der Waals surface area (Å²) in [5, 5.41) is 0. The normalized spacial score (nSPS) is 10.4. The molecule has 0 saturated carbocycles. The molecule has 0 fully saturated rings. The van der Waals surface area contributed by atoms with Crippen LogP contribution in [-0.2, 0) is 4.79 Å². The number of primary amides is 1. The standard InChI is InChI=1S/C9H19N3OS/c1-8(10)2-4-12(6-7-14)5-3-9(11)13/h14H,1-7,10H2,(H2,11,13). The number of amides is 1. The molecule has 14 heavy (non-hydrogen) atoms. The Morgan fingerprint density at radius 3 is 2.21 bits per heavy atom. The maximum atomic E-state index is 10.6. The molecule has 0 spiro atoms. The van der Waals surface area contributed by atoms with Gasteiger partial charge in [-0.15, -0.1) is 0 Å². The molecular formula is C9H19N3OS. The molecule has 0 saturated heterocycles. The second kappa shape index (κ2) is 7.70. The van der Waals surface area contributed by atoms with Gasteiger partial charge in [-0.2, -0.15) is 12.6 Å². The van der Waals surface area contributed by atoms with E-state index < -0.39 is 0 Å². The van der Waals surface area contributed by atoms with Crippen molar-refractivity contribution in [1.29, 1.82) is 0 Å². The highest BCUT2D eigenvalue weighted by Crippen LogP contribution is 1.97. The molecule has 4 nitrogen and oxygen atoms in total. The lowest BCUT2D eigenvalue weighted by Crippen LogP contribution is -2.31. The van der Waals surface area contributed by atoms with E-state index >= 15 is 0 Å². The van der Waals surface area contributed by atoms with Crippen molar-refractivity contribution in [3.63, 3.8) is 0 Å². The van der Waals surface area contributed by atoms with Gasteiger partial charge in [0.2, 0.25) is 5.91 Å². The van der Waals surface area contributed by atoms with Crippen LogP contribution in [0.25, 0.3) is 0 Å². The third-order valence-electron chi connectivity index (χ3n) is 1.84. The Morgan fingerprint density at radius 1 is 1.21 bits per heavy atom. The van der Waals surface area contributed by atoms with Gasteiger partial charge in [-0.3, -0.25) is 4.79 Å². The van der Waals surface area contributed by atoms with Crippen LogP contribution in [0, 0.1) is 0 Å². The van der Waals surface area contributed by atoms with E-state index in [2.05, 4.69) is 24.1 Å². The Morgan fingerprint density at radius 2 is 1.79 bits per heavy atom. The zero-order valence-corrected chi connectivity index (χ0v) is 9.30. The maximum Gasteiger partial charge on any atom is 0.218 e. The van der Waals surface area contributed by atoms with Crippen LogP contribution < -0.4 is 11.5 Å². The van der Waals surface area contributed by atoms with E-state index in [1.807, 2.05) is 0 Å². The molecule has 0 heterocycles. The topological polar surface area (TPSA) is 72.3 Å². The van der Waals surface area contributed by atoms with Crippen molar-refractivity contribution in [3.05, 3.63) is 12.3 Å². The quantitative estimate of drug-likeness (QED) is 0.499. The Bertz CT molecular complexity index is 178. The summed E-state index contributed by atoms with van der Waals surface area (Å²) in [7, 11) is 0. The summed E-state index contributed by atoms with van der Waals surface area (Å²) >= 11 is 4.14. The van der Waals surface area contributed by atoms with E-state index in [4.69, 9.17) is 11.5 Å². The highest BCUT2D eigenvalue weighted by molar-refractivity contribution is 7.80. The summed E-state index contributed by atoms with van der Waals surface area (Å²) in [4.78, 5) is 12.7. The lowest BCUT2D eigenvalue weighted by molar-refractivity contribution is -0.118. The second-order valence-corrected chi connectivity index (χ2v) is 3.64. The number of hydrogen-bond acceptors (Lipinski definition) is 4. The molecule has 4 N–H and O–H groups in total. The third-order valence-corrected chi connectivity index (χ3v) is 2.04. The van der Waals surface area contributed by atoms with Crippen LogP contribution in [0.5, 0.6) is 0 Å². The molecule has 0 aliphatic carbocycles. The fraction of sp³-hybridized carbons (Fsp3) is 0.667. The van der Waals surface area contributed by atoms with Gasteiger partial charge in [-0.05, 0) is 6.42 Å². The fourth-order valence-electron chi connectivity index (χ4n) is 1.05. The van der Waals surface area contributed by atoms with Crippen LogP contribution >= 0.6 is 12.6 Å². The highest BCUT2D eigenvalue weighted by Gasteiger charge is 2.05. The first-order valence-corrected chi connectivity index (χ1v) is 5.24. The molecule has 0 aromatic heterocycles. The molecule has 0 atom stereocenters. The molecule has 82 valence electrons. The minimum atomic E-state index is -0.277. The van der Waals surface area contributed by atoms with Crippen molar-refractivity contribution in [2.45, 2.75) is 12.8 Å². The lowest BCUT2D eigenvalue weighted by atomic mass is 10.3. The average molecular weight is 217 g/mol. The Labute approximate surface area is 90.7 Å². The summed E-state index contributed by atoms with van der Waals surface area (Å²) < 4.78 is 0. The van der Waals surface area contributed by atoms with Gasteiger partial charge in [0, 0.05) is 37.5 Å². The maximum absolute atomic E-state index is 10.6. The van der Waals surface area contributed by atoms with Crippen molar-refractivity contribution in [2.75, 3.05) is 25.4 Å². The summed E-state index contributed by atoms with van der Waals surface area (Å²) in [6.07, 6.45) is 1.12. The van der Waals surface area contributed by atoms with E-state index in [-0.39, 0.29) is 5.91 Å². The molecule has 5 heteroatoms. The molecule has 0 aliphatic rings. The number of rotatable bonds is 8. The SMILES string of the molecule is C=C(N)CCN(CCS)CCC(N)=O. The van der Waals surface area contributed by atoms with Crippen LogP contribution in [-0.4, -0.2) is 36.2 Å². The van der Waals surface area contributed by atoms with Gasteiger partial charge in [0.25, 0.3) is 0 Å². The van der Waals surface area contributed by atoms with E-state index in [0.717, 1.165) is 25.3 Å². The van der Waals surface area contributed by atoms with Crippen molar-refractivity contribution in [3.8, 4) is 0 Å². The van der Waals surface area contributed by atoms with Crippen LogP contribution in [0.4, 0.5) is 0 Å². The molecule has 0 bridgehead atoms. The summed E-state index contributed by atoms with van der Waals surface area (Å²) in [5.41, 5.74) is 11.2. The largest absolute Gasteiger partial charge is 0.402 e. The number of nitrogens with two attached hydrogens (primary N) is 2. The van der Waals surface area contributed by atoms with Crippen molar-refractivity contribution < 1.29 is 4.79 Å². The predicted octanol–water partition coefficient (Wildman–Crippen LogP) is -0.0439. The predicted molar refractivity (Wildman–Crippen MR) is 62.0 cm³/mol. The molecule has 0 aromatic rings. The van der Waals surface area contributed by atoms with Gasteiger partial charge in [0.15, 0.2) is 0 Å². The zero-order chi connectivity index (χ0) is 11.0. The molecule has 1 amide bonds. The van der Waals surface area contributed by atoms with Gasteiger partial charge in [0.1, 0.15) is 0 Å². The fourth-order valence-corrected chi connectivity index (χ4v) is 1.33. The van der Waals surface area contributed by atoms with Crippen LogP contribution in [0.3, 0.4) is 0 Å². The van der Waals surface area contributed by atoms with Crippen LogP contribution in [0.15, 0.2) is 12.3 Å². The van der Waals surface area contributed by atoms with E-state index in [1.165, 1.54) is 0 Å². The molecule has 0 rings (SSSR count). The van der Waals surface area contributed by atoms with Crippen molar-refractivity contribution >= 4 is 18.5 Å². The van der Waals surface area contributed by atoms with E-state index in [9.17, 15) is 4.79 Å². The molecule has 0 aromatic carbocycles. The first-order chi connectivity index (χ1) is 6.56. The number of carbonyl (C=O) groups is 1. The van der Waals surface area contributed by atoms with Gasteiger partial charge in [-0.25, -0.2) is 0 Å². The minimum absolute atomic E-state index is 0.277. The zero-order valence-electron chi connectivity index (χ0n) is 8.41. The van der Waals surface area contributed by atoms with Gasteiger partial charge < -0.3 is 16.4 Å². The summed E-state index contributed by atoms with van der Waals surface area (Å²) in [6.45, 7) is 5.94. The van der Waals surface area contributed by atoms with Crippen molar-refractivity contribution in [2.24, 2.45) is 11.5 Å². The van der Waals surface area contributed by atoms with Crippen LogP contribution in [0.1, 0.15) is 12.8 Å². The smallest absolute Gasteiger partial charge is 0.218 e. The Balaban J connectivity index is 3.76. The van der Waals surface area contributed by atoms with Gasteiger partial charge in [0.05, 0.1) is 0 Å². The third kappa shape index (κ3) is 7.94. The monoisotopic (exact) mass is 217 g/mol. The first-order valence-electron chi connectivity index (χ1n) is 4.61.